The zero-order valence-electron chi connectivity index (χ0n) is 10.9. The maximum atomic E-state index is 12.3. The summed E-state index contributed by atoms with van der Waals surface area (Å²) in [4.78, 5) is 25.8. The van der Waals surface area contributed by atoms with E-state index in [9.17, 15) is 27.9 Å². The number of alkyl halides is 3. The monoisotopic (exact) mass is 294 g/mol. The van der Waals surface area contributed by atoms with Crippen molar-refractivity contribution in [3.8, 4) is 0 Å². The number of aliphatic hydroxyl groups excluding tert-OH is 1. The molecule has 2 atom stereocenters. The lowest BCUT2D eigenvalue weighted by molar-refractivity contribution is -0.157. The summed E-state index contributed by atoms with van der Waals surface area (Å²) in [6, 6.07) is 0. The fraction of sp³-hybridized carbons (Fsp3) is 0.833. The minimum Gasteiger partial charge on any atom is -0.391 e. The van der Waals surface area contributed by atoms with Crippen LogP contribution in [0.5, 0.6) is 0 Å². The summed E-state index contributed by atoms with van der Waals surface area (Å²) in [6.45, 7) is -0.815. The van der Waals surface area contributed by atoms with Gasteiger partial charge in [0.05, 0.1) is 12.0 Å². The molecular weight excluding hydrogens is 277 g/mol. The first-order chi connectivity index (χ1) is 9.26. The lowest BCUT2D eigenvalue weighted by atomic mass is 10.0. The van der Waals surface area contributed by atoms with Gasteiger partial charge in [-0.1, -0.05) is 0 Å². The highest BCUT2D eigenvalue weighted by Crippen LogP contribution is 2.26. The van der Waals surface area contributed by atoms with Crippen molar-refractivity contribution in [2.45, 2.75) is 31.5 Å². The van der Waals surface area contributed by atoms with Crippen LogP contribution in [0.1, 0.15) is 19.3 Å². The number of β-amino-alcohol motifs (C(OH)–C–C–N with tert-alkyl or cyclic N) is 1. The van der Waals surface area contributed by atoms with E-state index in [4.69, 9.17) is 0 Å². The first-order valence-electron chi connectivity index (χ1n) is 6.57. The lowest BCUT2D eigenvalue weighted by Gasteiger charge is -2.31. The van der Waals surface area contributed by atoms with E-state index in [1.54, 1.807) is 0 Å². The number of piperidine rings is 1. The Morgan fingerprint density at radius 3 is 2.65 bits per heavy atom. The Kier molecular flexibility index (Phi) is 4.22. The third-order valence-electron chi connectivity index (χ3n) is 3.64. The molecule has 0 aromatic heterocycles. The van der Waals surface area contributed by atoms with Crippen LogP contribution in [0.3, 0.4) is 0 Å². The Labute approximate surface area is 114 Å². The highest BCUT2D eigenvalue weighted by molar-refractivity contribution is 5.89. The minimum atomic E-state index is -4.45. The fourth-order valence-electron chi connectivity index (χ4n) is 2.72. The smallest absolute Gasteiger partial charge is 0.391 e. The number of hydrogen-bond acceptors (Lipinski definition) is 3. The second-order valence-corrected chi connectivity index (χ2v) is 5.37. The number of halogens is 3. The Morgan fingerprint density at radius 2 is 2.05 bits per heavy atom. The summed E-state index contributed by atoms with van der Waals surface area (Å²) in [5.74, 6) is -1.70. The molecule has 2 heterocycles. The fourth-order valence-corrected chi connectivity index (χ4v) is 2.72. The Balaban J connectivity index is 1.94. The van der Waals surface area contributed by atoms with Crippen molar-refractivity contribution < 1.29 is 27.9 Å². The van der Waals surface area contributed by atoms with Gasteiger partial charge in [-0.05, 0) is 12.8 Å². The largest absolute Gasteiger partial charge is 0.406 e. The number of aliphatic hydroxyl groups is 1. The summed E-state index contributed by atoms with van der Waals surface area (Å²) in [5, 5.41) is 9.51. The van der Waals surface area contributed by atoms with Crippen molar-refractivity contribution in [1.82, 2.24) is 9.80 Å². The molecule has 2 aliphatic rings. The average Bonchev–Trinajstić information content (AvgIpc) is 2.68. The molecule has 2 aliphatic heterocycles. The molecule has 5 nitrogen and oxygen atoms in total. The van der Waals surface area contributed by atoms with Gasteiger partial charge in [-0.25, -0.2) is 0 Å². The van der Waals surface area contributed by atoms with Crippen LogP contribution in [-0.4, -0.2) is 65.2 Å². The highest BCUT2D eigenvalue weighted by Gasteiger charge is 2.42. The topological polar surface area (TPSA) is 60.9 Å². The van der Waals surface area contributed by atoms with Gasteiger partial charge in [0, 0.05) is 26.1 Å². The second-order valence-electron chi connectivity index (χ2n) is 5.37. The molecule has 2 amide bonds. The molecule has 20 heavy (non-hydrogen) atoms. The minimum absolute atomic E-state index is 0.179. The van der Waals surface area contributed by atoms with Gasteiger partial charge in [-0.2, -0.15) is 13.2 Å². The first-order valence-corrected chi connectivity index (χ1v) is 6.57. The van der Waals surface area contributed by atoms with Gasteiger partial charge < -0.3 is 14.9 Å². The van der Waals surface area contributed by atoms with Crippen molar-refractivity contribution in [2.75, 3.05) is 26.2 Å². The normalized spacial score (nSPS) is 28.1. The van der Waals surface area contributed by atoms with Crippen molar-refractivity contribution in [1.29, 1.82) is 0 Å². The van der Waals surface area contributed by atoms with Crippen LogP contribution in [0.25, 0.3) is 0 Å². The number of likely N-dealkylation sites (tertiary alicyclic amines) is 2. The number of amides is 2. The van der Waals surface area contributed by atoms with Gasteiger partial charge >= 0.3 is 6.18 Å². The number of rotatable bonds is 2. The summed E-state index contributed by atoms with van der Waals surface area (Å²) in [6.07, 6.45) is -3.93. The van der Waals surface area contributed by atoms with E-state index in [0.717, 1.165) is 0 Å². The molecule has 1 N–H and O–H groups in total. The van der Waals surface area contributed by atoms with E-state index in [-0.39, 0.29) is 25.4 Å². The molecular formula is C12H17F3N2O3. The SMILES string of the molecule is O=C1CC(C(=O)N2CCC[C@H](O)C2)CN1CC(F)(F)F. The summed E-state index contributed by atoms with van der Waals surface area (Å²) < 4.78 is 36.9. The Morgan fingerprint density at radius 1 is 1.35 bits per heavy atom. The van der Waals surface area contributed by atoms with Crippen LogP contribution in [0.2, 0.25) is 0 Å². The summed E-state index contributed by atoms with van der Waals surface area (Å²) in [7, 11) is 0. The number of carbonyl (C=O) groups is 2. The molecule has 0 radical (unpaired) electrons. The zero-order valence-corrected chi connectivity index (χ0v) is 10.9. The maximum absolute atomic E-state index is 12.3. The van der Waals surface area contributed by atoms with Crippen molar-refractivity contribution in [3.05, 3.63) is 0 Å². The van der Waals surface area contributed by atoms with Gasteiger partial charge in [0.25, 0.3) is 0 Å². The Hall–Kier alpha value is -1.31. The van der Waals surface area contributed by atoms with E-state index in [1.807, 2.05) is 0 Å². The number of carbonyl (C=O) groups excluding carboxylic acids is 2. The maximum Gasteiger partial charge on any atom is 0.406 e. The molecule has 114 valence electrons. The van der Waals surface area contributed by atoms with E-state index in [0.29, 0.717) is 24.3 Å². The molecule has 8 heteroatoms. The third-order valence-corrected chi connectivity index (χ3v) is 3.64. The van der Waals surface area contributed by atoms with Gasteiger partial charge in [-0.3, -0.25) is 9.59 Å². The lowest BCUT2D eigenvalue weighted by Crippen LogP contribution is -2.45. The molecule has 2 fully saturated rings. The number of hydrogen-bond donors (Lipinski definition) is 1. The zero-order chi connectivity index (χ0) is 14.9. The first kappa shape index (κ1) is 15.1. The number of nitrogens with zero attached hydrogens (tertiary/aromatic N) is 2. The molecule has 0 aromatic rings. The molecule has 0 spiro atoms. The van der Waals surface area contributed by atoms with Crippen LogP contribution in [0.4, 0.5) is 13.2 Å². The summed E-state index contributed by atoms with van der Waals surface area (Å²) >= 11 is 0. The summed E-state index contributed by atoms with van der Waals surface area (Å²) in [5.41, 5.74) is 0. The van der Waals surface area contributed by atoms with E-state index in [2.05, 4.69) is 0 Å². The highest BCUT2D eigenvalue weighted by atomic mass is 19.4. The molecule has 2 rings (SSSR count). The quantitative estimate of drug-likeness (QED) is 0.801. The van der Waals surface area contributed by atoms with Gasteiger partial charge in [0.1, 0.15) is 6.54 Å². The van der Waals surface area contributed by atoms with Crippen molar-refractivity contribution >= 4 is 11.8 Å². The molecule has 1 unspecified atom stereocenters. The van der Waals surface area contributed by atoms with Gasteiger partial charge in [0.15, 0.2) is 0 Å². The standard InChI is InChI=1S/C12H17F3N2O3/c13-12(14,15)7-17-5-8(4-10(17)19)11(20)16-3-1-2-9(18)6-16/h8-9,18H,1-7H2/t8?,9-/m0/s1. The van der Waals surface area contributed by atoms with Crippen LogP contribution in [-0.2, 0) is 9.59 Å². The van der Waals surface area contributed by atoms with E-state index in [1.165, 1.54) is 4.90 Å². The molecule has 0 saturated carbocycles. The van der Waals surface area contributed by atoms with Crippen LogP contribution in [0.15, 0.2) is 0 Å². The van der Waals surface area contributed by atoms with Crippen LogP contribution in [0, 0.1) is 5.92 Å². The molecule has 0 aliphatic carbocycles. The van der Waals surface area contributed by atoms with Crippen LogP contribution >= 0.6 is 0 Å². The van der Waals surface area contributed by atoms with Crippen molar-refractivity contribution in [3.63, 3.8) is 0 Å². The van der Waals surface area contributed by atoms with Gasteiger partial charge in [-0.15, -0.1) is 0 Å². The Bertz CT molecular complexity index is 400. The van der Waals surface area contributed by atoms with Crippen LogP contribution < -0.4 is 0 Å². The van der Waals surface area contributed by atoms with E-state index < -0.39 is 30.7 Å². The van der Waals surface area contributed by atoms with E-state index >= 15 is 0 Å². The van der Waals surface area contributed by atoms with Gasteiger partial charge in [0.2, 0.25) is 11.8 Å². The second kappa shape index (κ2) is 5.59. The molecule has 0 bridgehead atoms. The third kappa shape index (κ3) is 3.62. The predicted molar refractivity (Wildman–Crippen MR) is 62.6 cm³/mol. The predicted octanol–water partition coefficient (Wildman–Crippen LogP) is 0.380. The molecule has 0 aromatic carbocycles. The average molecular weight is 294 g/mol. The molecule has 2 saturated heterocycles. The van der Waals surface area contributed by atoms with Crippen molar-refractivity contribution in [2.24, 2.45) is 5.92 Å².